The molecule has 0 spiro atoms. The van der Waals surface area contributed by atoms with Crippen molar-refractivity contribution in [3.05, 3.63) is 17.5 Å². The first kappa shape index (κ1) is 12.3. The number of carbonyl (C=O) groups excluding carboxylic acids is 1. The molecular formula is C9H12N2O5. The number of hydrogen-bond acceptors (Lipinski definition) is 6. The molecule has 0 amide bonds. The number of carboxylic acids is 1. The molecule has 7 nitrogen and oxygen atoms in total. The van der Waals surface area contributed by atoms with Crippen LogP contribution in [0.5, 0.6) is 0 Å². The van der Waals surface area contributed by atoms with Crippen LogP contribution in [0.15, 0.2) is 10.6 Å². The van der Waals surface area contributed by atoms with Crippen molar-refractivity contribution in [2.75, 3.05) is 0 Å². The lowest BCUT2D eigenvalue weighted by Gasteiger charge is -2.12. The first-order chi connectivity index (χ1) is 7.41. The van der Waals surface area contributed by atoms with Crippen molar-refractivity contribution in [1.82, 2.24) is 5.16 Å². The van der Waals surface area contributed by atoms with Gasteiger partial charge in [0.1, 0.15) is 17.5 Å². The molecule has 1 aromatic heterocycles. The summed E-state index contributed by atoms with van der Waals surface area (Å²) in [5, 5.41) is 21.3. The predicted molar refractivity (Wildman–Crippen MR) is 51.8 cm³/mol. The normalized spacial score (nSPS) is 14.4. The maximum atomic E-state index is 11.5. The van der Waals surface area contributed by atoms with Crippen molar-refractivity contribution in [1.29, 1.82) is 0 Å². The van der Waals surface area contributed by atoms with E-state index in [2.05, 4.69) is 9.68 Å². The van der Waals surface area contributed by atoms with Gasteiger partial charge in [-0.05, 0) is 6.92 Å². The molecule has 0 bridgehead atoms. The average molecular weight is 228 g/mol. The molecule has 0 aliphatic rings. The number of nitrogens with zero attached hydrogens (tertiary/aromatic N) is 1. The number of aryl methyl sites for hydroxylation is 1. The van der Waals surface area contributed by atoms with Gasteiger partial charge in [-0.2, -0.15) is 0 Å². The highest BCUT2D eigenvalue weighted by molar-refractivity contribution is 5.94. The first-order valence-corrected chi connectivity index (χ1v) is 4.54. The summed E-state index contributed by atoms with van der Waals surface area (Å²) in [5.41, 5.74) is 5.20. The number of ketones is 1. The zero-order valence-corrected chi connectivity index (χ0v) is 8.58. The maximum Gasteiger partial charge on any atom is 0.323 e. The van der Waals surface area contributed by atoms with Gasteiger partial charge in [-0.25, -0.2) is 0 Å². The summed E-state index contributed by atoms with van der Waals surface area (Å²) in [6, 6.07) is -0.0848. The van der Waals surface area contributed by atoms with Crippen molar-refractivity contribution in [2.45, 2.75) is 25.5 Å². The lowest BCUT2D eigenvalue weighted by Crippen LogP contribution is -2.42. The maximum absolute atomic E-state index is 11.5. The molecule has 0 saturated heterocycles. The molecule has 0 saturated carbocycles. The fourth-order valence-corrected chi connectivity index (χ4v) is 1.08. The topological polar surface area (TPSA) is 127 Å². The second-order valence-electron chi connectivity index (χ2n) is 3.38. The molecule has 1 heterocycles. The zero-order valence-electron chi connectivity index (χ0n) is 8.58. The Kier molecular flexibility index (Phi) is 3.75. The zero-order chi connectivity index (χ0) is 12.3. The minimum Gasteiger partial charge on any atom is -0.480 e. The Bertz CT molecular complexity index is 400. The number of carboxylic acid groups (broad SMARTS) is 1. The van der Waals surface area contributed by atoms with Gasteiger partial charge in [-0.1, -0.05) is 5.16 Å². The van der Waals surface area contributed by atoms with Crippen molar-refractivity contribution in [3.63, 3.8) is 0 Å². The molecular weight excluding hydrogens is 216 g/mol. The van der Waals surface area contributed by atoms with Crippen LogP contribution in [0.2, 0.25) is 0 Å². The molecule has 1 aromatic rings. The Labute approximate surface area is 90.8 Å². The molecule has 0 unspecified atom stereocenters. The Balaban J connectivity index is 2.61. The van der Waals surface area contributed by atoms with E-state index in [-0.39, 0.29) is 5.69 Å². The van der Waals surface area contributed by atoms with E-state index in [1.54, 1.807) is 6.92 Å². The van der Waals surface area contributed by atoms with E-state index >= 15 is 0 Å². The van der Waals surface area contributed by atoms with Gasteiger partial charge in [-0.15, -0.1) is 0 Å². The Morgan fingerprint density at radius 2 is 2.25 bits per heavy atom. The molecule has 0 aliphatic carbocycles. The SMILES string of the molecule is Cc1cc(C(=O)C[C@@H](O)[C@H](N)C(=O)O)no1. The minimum absolute atomic E-state index is 0.0501. The van der Waals surface area contributed by atoms with E-state index in [0.29, 0.717) is 5.76 Å². The minimum atomic E-state index is -1.49. The fourth-order valence-electron chi connectivity index (χ4n) is 1.08. The van der Waals surface area contributed by atoms with Crippen molar-refractivity contribution >= 4 is 11.8 Å². The van der Waals surface area contributed by atoms with Crippen LogP contribution in [-0.4, -0.2) is 39.3 Å². The molecule has 0 aliphatic heterocycles. The van der Waals surface area contributed by atoms with Crippen LogP contribution in [0.1, 0.15) is 22.7 Å². The molecule has 0 fully saturated rings. The summed E-state index contributed by atoms with van der Waals surface area (Å²) in [6.07, 6.45) is -1.85. The van der Waals surface area contributed by atoms with E-state index < -0.39 is 30.3 Å². The smallest absolute Gasteiger partial charge is 0.323 e. The lowest BCUT2D eigenvalue weighted by atomic mass is 10.0. The van der Waals surface area contributed by atoms with Gasteiger partial charge in [-0.3, -0.25) is 9.59 Å². The second kappa shape index (κ2) is 4.86. The van der Waals surface area contributed by atoms with Gasteiger partial charge >= 0.3 is 5.97 Å². The highest BCUT2D eigenvalue weighted by Crippen LogP contribution is 2.08. The summed E-state index contributed by atoms with van der Waals surface area (Å²) < 4.78 is 4.68. The van der Waals surface area contributed by atoms with E-state index in [9.17, 15) is 14.7 Å². The highest BCUT2D eigenvalue weighted by Gasteiger charge is 2.25. The third-order valence-electron chi connectivity index (χ3n) is 2.01. The number of aromatic nitrogens is 1. The molecule has 88 valence electrons. The molecule has 2 atom stereocenters. The summed E-state index contributed by atoms with van der Waals surface area (Å²) in [6.45, 7) is 1.61. The van der Waals surface area contributed by atoms with Gasteiger partial charge in [0.15, 0.2) is 5.78 Å². The van der Waals surface area contributed by atoms with Crippen LogP contribution in [0.3, 0.4) is 0 Å². The van der Waals surface area contributed by atoms with Gasteiger partial charge in [0.2, 0.25) is 0 Å². The summed E-state index contributed by atoms with van der Waals surface area (Å²) in [5.74, 6) is -1.42. The highest BCUT2D eigenvalue weighted by atomic mass is 16.5. The second-order valence-corrected chi connectivity index (χ2v) is 3.38. The fraction of sp³-hybridized carbons (Fsp3) is 0.444. The number of aliphatic carboxylic acids is 1. The lowest BCUT2D eigenvalue weighted by molar-refractivity contribution is -0.141. The number of aliphatic hydroxyl groups excluding tert-OH is 1. The largest absolute Gasteiger partial charge is 0.480 e. The third-order valence-corrected chi connectivity index (χ3v) is 2.01. The van der Waals surface area contributed by atoms with Gasteiger partial charge < -0.3 is 20.5 Å². The van der Waals surface area contributed by atoms with Crippen LogP contribution in [0, 0.1) is 6.92 Å². The van der Waals surface area contributed by atoms with Crippen LogP contribution >= 0.6 is 0 Å². The van der Waals surface area contributed by atoms with E-state index in [4.69, 9.17) is 10.8 Å². The Morgan fingerprint density at radius 3 is 2.69 bits per heavy atom. The van der Waals surface area contributed by atoms with E-state index in [1.165, 1.54) is 6.07 Å². The monoisotopic (exact) mass is 228 g/mol. The number of hydrogen-bond donors (Lipinski definition) is 3. The van der Waals surface area contributed by atoms with Crippen LogP contribution < -0.4 is 5.73 Å². The Morgan fingerprint density at radius 1 is 1.62 bits per heavy atom. The van der Waals surface area contributed by atoms with Gasteiger partial charge in [0, 0.05) is 12.5 Å². The number of carbonyl (C=O) groups is 2. The van der Waals surface area contributed by atoms with Crippen LogP contribution in [-0.2, 0) is 4.79 Å². The molecule has 4 N–H and O–H groups in total. The molecule has 7 heteroatoms. The molecule has 16 heavy (non-hydrogen) atoms. The summed E-state index contributed by atoms with van der Waals surface area (Å²) in [4.78, 5) is 21.9. The van der Waals surface area contributed by atoms with Crippen molar-refractivity contribution in [3.8, 4) is 0 Å². The van der Waals surface area contributed by atoms with Gasteiger partial charge in [0.05, 0.1) is 6.10 Å². The Hall–Kier alpha value is -1.73. The van der Waals surface area contributed by atoms with Crippen LogP contribution in [0.25, 0.3) is 0 Å². The van der Waals surface area contributed by atoms with E-state index in [0.717, 1.165) is 0 Å². The standard InChI is InChI=1S/C9H12N2O5/c1-4-2-5(11-16-4)6(12)3-7(13)8(10)9(14)15/h2,7-8,13H,3,10H2,1H3,(H,14,15)/t7-,8+/m1/s1. The molecule has 0 aromatic carbocycles. The number of aliphatic hydroxyl groups is 1. The van der Waals surface area contributed by atoms with Crippen molar-refractivity contribution < 1.29 is 24.3 Å². The van der Waals surface area contributed by atoms with Crippen molar-refractivity contribution in [2.24, 2.45) is 5.73 Å². The molecule has 0 radical (unpaired) electrons. The molecule has 1 rings (SSSR count). The predicted octanol–water partition coefficient (Wildman–Crippen LogP) is -0.671. The summed E-state index contributed by atoms with van der Waals surface area (Å²) in [7, 11) is 0. The third kappa shape index (κ3) is 2.88. The number of Topliss-reactive ketones (excluding diaryl/α,β-unsaturated/α-hetero) is 1. The van der Waals surface area contributed by atoms with E-state index in [1.807, 2.05) is 0 Å². The summed E-state index contributed by atoms with van der Waals surface area (Å²) >= 11 is 0. The number of nitrogens with two attached hydrogens (primary N) is 1. The number of rotatable bonds is 5. The average Bonchev–Trinajstić information content (AvgIpc) is 2.63. The first-order valence-electron chi connectivity index (χ1n) is 4.54. The van der Waals surface area contributed by atoms with Gasteiger partial charge in [0.25, 0.3) is 0 Å². The quantitative estimate of drug-likeness (QED) is 0.570. The van der Waals surface area contributed by atoms with Crippen LogP contribution in [0.4, 0.5) is 0 Å².